The summed E-state index contributed by atoms with van der Waals surface area (Å²) in [6, 6.07) is 5.69. The van der Waals surface area contributed by atoms with E-state index in [0.29, 0.717) is 13.2 Å². The fourth-order valence-corrected chi connectivity index (χ4v) is 3.37. The Kier molecular flexibility index (Phi) is 5.76. The number of fused-ring (bicyclic) bond motifs is 1. The van der Waals surface area contributed by atoms with Gasteiger partial charge < -0.3 is 20.7 Å². The zero-order valence-corrected chi connectivity index (χ0v) is 13.4. The van der Waals surface area contributed by atoms with Gasteiger partial charge in [0.2, 0.25) is 5.91 Å². The molecule has 0 bridgehead atoms. The molecule has 21 heavy (non-hydrogen) atoms. The minimum absolute atomic E-state index is 0.0476. The van der Waals surface area contributed by atoms with Gasteiger partial charge in [-0.25, -0.2) is 0 Å². The summed E-state index contributed by atoms with van der Waals surface area (Å²) in [6.07, 6.45) is 0.828. The van der Waals surface area contributed by atoms with Crippen LogP contribution in [0.5, 0.6) is 0 Å². The number of thioether (sulfide) groups is 1. The molecule has 6 heteroatoms. The van der Waals surface area contributed by atoms with E-state index in [-0.39, 0.29) is 11.9 Å². The molecule has 1 aromatic rings. The molecule has 2 rings (SSSR count). The van der Waals surface area contributed by atoms with E-state index >= 15 is 0 Å². The van der Waals surface area contributed by atoms with Crippen molar-refractivity contribution in [2.45, 2.75) is 24.3 Å². The zero-order chi connectivity index (χ0) is 15.2. The molecule has 5 nitrogen and oxygen atoms in total. The second-order valence-corrected chi connectivity index (χ2v) is 6.22. The highest BCUT2D eigenvalue weighted by atomic mass is 32.2. The molecule has 0 aliphatic carbocycles. The first-order valence-corrected chi connectivity index (χ1v) is 8.17. The first-order valence-electron chi connectivity index (χ1n) is 7.19. The summed E-state index contributed by atoms with van der Waals surface area (Å²) in [5, 5.41) is 2.96. The molecule has 1 aromatic carbocycles. The van der Waals surface area contributed by atoms with Crippen LogP contribution in [0.2, 0.25) is 0 Å². The van der Waals surface area contributed by atoms with Crippen molar-refractivity contribution in [3.63, 3.8) is 0 Å². The predicted molar refractivity (Wildman–Crippen MR) is 87.9 cm³/mol. The minimum atomic E-state index is -0.200. The Morgan fingerprint density at radius 3 is 3.14 bits per heavy atom. The Hall–Kier alpha value is -1.40. The molecule has 1 amide bonds. The SMILES string of the molecule is COCCCNC(=O)C(C)N1CCSc2ccc(N)cc21. The first kappa shape index (κ1) is 16.0. The molecule has 0 radical (unpaired) electrons. The van der Waals surface area contributed by atoms with E-state index in [0.717, 1.165) is 30.1 Å². The number of benzene rings is 1. The third-order valence-corrected chi connectivity index (χ3v) is 4.60. The van der Waals surface area contributed by atoms with Crippen LogP contribution in [0.1, 0.15) is 13.3 Å². The molecule has 0 saturated carbocycles. The van der Waals surface area contributed by atoms with Crippen LogP contribution in [0, 0.1) is 0 Å². The summed E-state index contributed by atoms with van der Waals surface area (Å²) < 4.78 is 4.98. The molecule has 1 aliphatic rings. The summed E-state index contributed by atoms with van der Waals surface area (Å²) in [6.45, 7) is 4.10. The fourth-order valence-electron chi connectivity index (χ4n) is 2.37. The van der Waals surface area contributed by atoms with Gasteiger partial charge in [-0.15, -0.1) is 11.8 Å². The number of hydrogen-bond donors (Lipinski definition) is 2. The Morgan fingerprint density at radius 1 is 1.57 bits per heavy atom. The minimum Gasteiger partial charge on any atom is -0.399 e. The van der Waals surface area contributed by atoms with Gasteiger partial charge in [0.25, 0.3) is 0 Å². The highest BCUT2D eigenvalue weighted by molar-refractivity contribution is 7.99. The van der Waals surface area contributed by atoms with Crippen molar-refractivity contribution in [3.05, 3.63) is 18.2 Å². The number of amides is 1. The van der Waals surface area contributed by atoms with E-state index in [1.54, 1.807) is 7.11 Å². The van der Waals surface area contributed by atoms with Crippen LogP contribution < -0.4 is 16.0 Å². The highest BCUT2D eigenvalue weighted by Crippen LogP contribution is 2.37. The van der Waals surface area contributed by atoms with E-state index < -0.39 is 0 Å². The summed E-state index contributed by atoms with van der Waals surface area (Å²) in [5.41, 5.74) is 7.67. The van der Waals surface area contributed by atoms with Gasteiger partial charge in [-0.3, -0.25) is 4.79 Å². The lowest BCUT2D eigenvalue weighted by Gasteiger charge is -2.35. The molecule has 1 heterocycles. The number of rotatable bonds is 6. The molecule has 0 saturated heterocycles. The predicted octanol–water partition coefficient (Wildman–Crippen LogP) is 1.72. The number of methoxy groups -OCH3 is 1. The third kappa shape index (κ3) is 4.04. The summed E-state index contributed by atoms with van der Waals surface area (Å²) in [4.78, 5) is 15.6. The number of nitrogens with one attached hydrogen (secondary N) is 1. The third-order valence-electron chi connectivity index (χ3n) is 3.55. The molecule has 1 unspecified atom stereocenters. The number of carbonyl (C=O) groups excluding carboxylic acids is 1. The quantitative estimate of drug-likeness (QED) is 0.619. The number of ether oxygens (including phenoxy) is 1. The summed E-state index contributed by atoms with van der Waals surface area (Å²) in [5.74, 6) is 1.03. The second kappa shape index (κ2) is 7.56. The Bertz CT molecular complexity index is 496. The Balaban J connectivity index is 2.01. The van der Waals surface area contributed by atoms with Gasteiger partial charge in [0.15, 0.2) is 0 Å². The van der Waals surface area contributed by atoms with Gasteiger partial charge in [0.05, 0.1) is 5.69 Å². The van der Waals surface area contributed by atoms with Crippen molar-refractivity contribution < 1.29 is 9.53 Å². The first-order chi connectivity index (χ1) is 10.1. The van der Waals surface area contributed by atoms with Crippen LogP contribution >= 0.6 is 11.8 Å². The molecule has 1 atom stereocenters. The number of nitrogens with two attached hydrogens (primary N) is 1. The number of carbonyl (C=O) groups is 1. The number of hydrogen-bond acceptors (Lipinski definition) is 5. The normalized spacial score (nSPS) is 15.4. The average molecular weight is 309 g/mol. The maximum absolute atomic E-state index is 12.3. The van der Waals surface area contributed by atoms with Crippen molar-refractivity contribution in [2.75, 3.05) is 43.2 Å². The Labute approximate surface area is 130 Å². The van der Waals surface area contributed by atoms with Gasteiger partial charge in [-0.2, -0.15) is 0 Å². The molecular weight excluding hydrogens is 286 g/mol. The van der Waals surface area contributed by atoms with Gasteiger partial charge in [0.1, 0.15) is 6.04 Å². The van der Waals surface area contributed by atoms with E-state index in [4.69, 9.17) is 10.5 Å². The Morgan fingerprint density at radius 2 is 2.38 bits per heavy atom. The maximum Gasteiger partial charge on any atom is 0.242 e. The number of nitrogen functional groups attached to an aromatic ring is 1. The maximum atomic E-state index is 12.3. The van der Waals surface area contributed by atoms with Crippen molar-refractivity contribution >= 4 is 29.0 Å². The lowest BCUT2D eigenvalue weighted by atomic mass is 10.2. The molecular formula is C15H23N3O2S. The zero-order valence-electron chi connectivity index (χ0n) is 12.6. The largest absolute Gasteiger partial charge is 0.399 e. The number of nitrogens with zero attached hydrogens (tertiary/aromatic N) is 1. The standard InChI is InChI=1S/C15H23N3O2S/c1-11(15(19)17-6-3-8-20-2)18-7-9-21-14-5-4-12(16)10-13(14)18/h4-5,10-11H,3,6-9,16H2,1-2H3,(H,17,19). The van der Waals surface area contributed by atoms with E-state index in [1.807, 2.05) is 36.9 Å². The van der Waals surface area contributed by atoms with Crippen LogP contribution in [0.3, 0.4) is 0 Å². The van der Waals surface area contributed by atoms with Crippen LogP contribution in [-0.2, 0) is 9.53 Å². The average Bonchev–Trinajstić information content (AvgIpc) is 2.50. The van der Waals surface area contributed by atoms with E-state index in [1.165, 1.54) is 4.90 Å². The van der Waals surface area contributed by atoms with Crippen molar-refractivity contribution in [2.24, 2.45) is 0 Å². The topological polar surface area (TPSA) is 67.6 Å². The molecule has 116 valence electrons. The number of anilines is 2. The van der Waals surface area contributed by atoms with E-state index in [2.05, 4.69) is 10.2 Å². The summed E-state index contributed by atoms with van der Waals surface area (Å²) >= 11 is 1.81. The van der Waals surface area contributed by atoms with Crippen LogP contribution in [0.25, 0.3) is 0 Å². The van der Waals surface area contributed by atoms with Crippen LogP contribution in [0.4, 0.5) is 11.4 Å². The van der Waals surface area contributed by atoms with Gasteiger partial charge in [-0.1, -0.05) is 0 Å². The lowest BCUT2D eigenvalue weighted by Crippen LogP contribution is -2.47. The highest BCUT2D eigenvalue weighted by Gasteiger charge is 2.26. The lowest BCUT2D eigenvalue weighted by molar-refractivity contribution is -0.122. The molecule has 3 N–H and O–H groups in total. The van der Waals surface area contributed by atoms with Crippen LogP contribution in [0.15, 0.2) is 23.1 Å². The van der Waals surface area contributed by atoms with Gasteiger partial charge >= 0.3 is 0 Å². The van der Waals surface area contributed by atoms with Crippen molar-refractivity contribution in [3.8, 4) is 0 Å². The molecule has 0 aromatic heterocycles. The second-order valence-electron chi connectivity index (χ2n) is 5.08. The van der Waals surface area contributed by atoms with E-state index in [9.17, 15) is 4.79 Å². The summed E-state index contributed by atoms with van der Waals surface area (Å²) in [7, 11) is 1.66. The van der Waals surface area contributed by atoms with Gasteiger partial charge in [0, 0.05) is 43.1 Å². The smallest absolute Gasteiger partial charge is 0.242 e. The van der Waals surface area contributed by atoms with Crippen molar-refractivity contribution in [1.82, 2.24) is 5.32 Å². The molecule has 0 spiro atoms. The van der Waals surface area contributed by atoms with Crippen LogP contribution in [-0.4, -0.2) is 44.5 Å². The fraction of sp³-hybridized carbons (Fsp3) is 0.533. The monoisotopic (exact) mass is 309 g/mol. The molecule has 1 aliphatic heterocycles. The van der Waals surface area contributed by atoms with Gasteiger partial charge in [-0.05, 0) is 31.5 Å². The van der Waals surface area contributed by atoms with Crippen molar-refractivity contribution in [1.29, 1.82) is 0 Å². The molecule has 0 fully saturated rings.